The third-order valence-electron chi connectivity index (χ3n) is 2.21. The Hall–Kier alpha value is -1.06. The van der Waals surface area contributed by atoms with Gasteiger partial charge in [0.2, 0.25) is 0 Å². The summed E-state index contributed by atoms with van der Waals surface area (Å²) in [6.07, 6.45) is 0.322. The molecule has 1 aromatic carbocycles. The van der Waals surface area contributed by atoms with E-state index in [2.05, 4.69) is 0 Å². The van der Waals surface area contributed by atoms with Crippen molar-refractivity contribution in [2.75, 3.05) is 13.7 Å². The number of halogens is 1. The van der Waals surface area contributed by atoms with Crippen molar-refractivity contribution in [1.29, 1.82) is 0 Å². The average molecular weight is 228 g/mol. The summed E-state index contributed by atoms with van der Waals surface area (Å²) < 4.78 is 5.13. The molecular weight excluding hydrogens is 214 g/mol. The molecule has 0 unspecified atom stereocenters. The second kappa shape index (κ2) is 5.14. The quantitative estimate of drug-likeness (QED) is 0.803. The first kappa shape index (κ1) is 12.0. The lowest BCUT2D eigenvalue weighted by Crippen LogP contribution is -2.08. The normalized spacial score (nSPS) is 10.1. The van der Waals surface area contributed by atoms with E-state index in [9.17, 15) is 4.79 Å². The van der Waals surface area contributed by atoms with Gasteiger partial charge in [0.1, 0.15) is 5.75 Å². The molecule has 0 spiro atoms. The molecule has 0 fully saturated rings. The van der Waals surface area contributed by atoms with E-state index in [0.717, 1.165) is 5.56 Å². The van der Waals surface area contributed by atoms with Crippen LogP contribution in [-0.4, -0.2) is 19.4 Å². The van der Waals surface area contributed by atoms with Crippen LogP contribution < -0.4 is 10.5 Å². The number of ether oxygens (including phenoxy) is 1. The third-order valence-corrected chi connectivity index (χ3v) is 2.60. The number of benzene rings is 1. The molecule has 0 atom stereocenters. The van der Waals surface area contributed by atoms with Gasteiger partial charge < -0.3 is 10.5 Å². The van der Waals surface area contributed by atoms with Gasteiger partial charge in [0.05, 0.1) is 7.11 Å². The molecule has 0 saturated carbocycles. The topological polar surface area (TPSA) is 52.3 Å². The van der Waals surface area contributed by atoms with Gasteiger partial charge >= 0.3 is 0 Å². The van der Waals surface area contributed by atoms with Gasteiger partial charge in [0.15, 0.2) is 5.78 Å². The summed E-state index contributed by atoms with van der Waals surface area (Å²) in [6.45, 7) is 2.19. The fourth-order valence-corrected chi connectivity index (χ4v) is 1.51. The van der Waals surface area contributed by atoms with E-state index in [-0.39, 0.29) is 5.78 Å². The summed E-state index contributed by atoms with van der Waals surface area (Å²) in [6, 6.07) is 3.34. The highest BCUT2D eigenvalue weighted by Gasteiger charge is 2.11. The predicted octanol–water partition coefficient (Wildman–Crippen LogP) is 2.19. The van der Waals surface area contributed by atoms with Crippen LogP contribution in [0.15, 0.2) is 12.1 Å². The standard InChI is InChI=1S/C11H14ClNO2/c1-7-9(12)5-8(6-11(7)15-2)10(14)3-4-13/h5-6H,3-4,13H2,1-2H3. The molecule has 82 valence electrons. The Kier molecular flexibility index (Phi) is 4.12. The number of carbonyl (C=O) groups is 1. The van der Waals surface area contributed by atoms with Gasteiger partial charge in [0.25, 0.3) is 0 Å². The van der Waals surface area contributed by atoms with Crippen molar-refractivity contribution in [2.45, 2.75) is 13.3 Å². The third kappa shape index (κ3) is 2.70. The van der Waals surface area contributed by atoms with E-state index in [4.69, 9.17) is 22.1 Å². The van der Waals surface area contributed by atoms with Gasteiger partial charge in [-0.3, -0.25) is 4.79 Å². The molecule has 0 bridgehead atoms. The SMILES string of the molecule is COc1cc(C(=O)CCN)cc(Cl)c1C. The number of hydrogen-bond acceptors (Lipinski definition) is 3. The summed E-state index contributed by atoms with van der Waals surface area (Å²) >= 11 is 5.98. The predicted molar refractivity (Wildman–Crippen MR) is 60.7 cm³/mol. The molecule has 0 amide bonds. The molecule has 3 nitrogen and oxygen atoms in total. The van der Waals surface area contributed by atoms with Crippen LogP contribution in [0.3, 0.4) is 0 Å². The molecule has 0 saturated heterocycles. The molecule has 1 rings (SSSR count). The van der Waals surface area contributed by atoms with Crippen LogP contribution in [0.5, 0.6) is 5.75 Å². The van der Waals surface area contributed by atoms with E-state index in [1.165, 1.54) is 0 Å². The second-order valence-electron chi connectivity index (χ2n) is 3.25. The Morgan fingerprint density at radius 1 is 1.53 bits per heavy atom. The summed E-state index contributed by atoms with van der Waals surface area (Å²) in [7, 11) is 1.55. The minimum atomic E-state index is -0.0160. The highest BCUT2D eigenvalue weighted by atomic mass is 35.5. The van der Waals surface area contributed by atoms with Gasteiger partial charge in [-0.25, -0.2) is 0 Å². The van der Waals surface area contributed by atoms with Crippen LogP contribution in [0.2, 0.25) is 5.02 Å². The van der Waals surface area contributed by atoms with Crippen molar-refractivity contribution in [3.05, 3.63) is 28.3 Å². The summed E-state index contributed by atoms with van der Waals surface area (Å²) in [5.74, 6) is 0.612. The Morgan fingerprint density at radius 3 is 2.73 bits per heavy atom. The van der Waals surface area contributed by atoms with Gasteiger partial charge in [-0.05, 0) is 25.6 Å². The monoisotopic (exact) mass is 227 g/mol. The Labute approximate surface area is 94.2 Å². The van der Waals surface area contributed by atoms with Crippen molar-refractivity contribution in [3.63, 3.8) is 0 Å². The first-order chi connectivity index (χ1) is 7.10. The molecule has 0 aromatic heterocycles. The number of carbonyl (C=O) groups excluding carboxylic acids is 1. The van der Waals surface area contributed by atoms with Crippen molar-refractivity contribution in [3.8, 4) is 5.75 Å². The van der Waals surface area contributed by atoms with E-state index in [0.29, 0.717) is 29.3 Å². The lowest BCUT2D eigenvalue weighted by molar-refractivity contribution is 0.0985. The summed E-state index contributed by atoms with van der Waals surface area (Å²) in [5, 5.41) is 0.537. The van der Waals surface area contributed by atoms with Crippen LogP contribution in [0.25, 0.3) is 0 Å². The highest BCUT2D eigenvalue weighted by Crippen LogP contribution is 2.27. The van der Waals surface area contributed by atoms with Gasteiger partial charge in [0, 0.05) is 22.6 Å². The lowest BCUT2D eigenvalue weighted by atomic mass is 10.1. The van der Waals surface area contributed by atoms with Gasteiger partial charge in [-0.2, -0.15) is 0 Å². The second-order valence-corrected chi connectivity index (χ2v) is 3.65. The van der Waals surface area contributed by atoms with Crippen LogP contribution in [-0.2, 0) is 0 Å². The van der Waals surface area contributed by atoms with Crippen molar-refractivity contribution in [2.24, 2.45) is 5.73 Å². The molecule has 4 heteroatoms. The molecular formula is C11H14ClNO2. The van der Waals surface area contributed by atoms with E-state index in [1.807, 2.05) is 6.92 Å². The Bertz CT molecular complexity index is 377. The molecule has 15 heavy (non-hydrogen) atoms. The number of nitrogens with two attached hydrogens (primary N) is 1. The maximum absolute atomic E-state index is 11.6. The number of rotatable bonds is 4. The summed E-state index contributed by atoms with van der Waals surface area (Å²) in [4.78, 5) is 11.6. The zero-order chi connectivity index (χ0) is 11.4. The minimum absolute atomic E-state index is 0.0160. The first-order valence-electron chi connectivity index (χ1n) is 4.67. The molecule has 2 N–H and O–H groups in total. The van der Waals surface area contributed by atoms with Crippen LogP contribution in [0.1, 0.15) is 22.3 Å². The molecule has 0 heterocycles. The molecule has 0 radical (unpaired) electrons. The summed E-state index contributed by atoms with van der Waals surface area (Å²) in [5.41, 5.74) is 6.71. The highest BCUT2D eigenvalue weighted by molar-refractivity contribution is 6.32. The van der Waals surface area contributed by atoms with E-state index >= 15 is 0 Å². The number of methoxy groups -OCH3 is 1. The average Bonchev–Trinajstić information content (AvgIpc) is 2.22. The van der Waals surface area contributed by atoms with Gasteiger partial charge in [-0.15, -0.1) is 0 Å². The minimum Gasteiger partial charge on any atom is -0.496 e. The zero-order valence-electron chi connectivity index (χ0n) is 8.84. The van der Waals surface area contributed by atoms with Crippen molar-refractivity contribution >= 4 is 17.4 Å². The number of ketones is 1. The van der Waals surface area contributed by atoms with Gasteiger partial charge in [-0.1, -0.05) is 11.6 Å². The maximum atomic E-state index is 11.6. The molecule has 1 aromatic rings. The molecule has 0 aliphatic rings. The molecule has 0 aliphatic heterocycles. The Balaban J connectivity index is 3.10. The zero-order valence-corrected chi connectivity index (χ0v) is 9.60. The number of Topliss-reactive ketones (excluding diaryl/α,β-unsaturated/α-hetero) is 1. The van der Waals surface area contributed by atoms with Crippen LogP contribution >= 0.6 is 11.6 Å². The van der Waals surface area contributed by atoms with Crippen molar-refractivity contribution in [1.82, 2.24) is 0 Å². The number of hydrogen-bond donors (Lipinski definition) is 1. The van der Waals surface area contributed by atoms with E-state index < -0.39 is 0 Å². The fraction of sp³-hybridized carbons (Fsp3) is 0.364. The largest absolute Gasteiger partial charge is 0.496 e. The maximum Gasteiger partial charge on any atom is 0.164 e. The lowest BCUT2D eigenvalue weighted by Gasteiger charge is -2.08. The smallest absolute Gasteiger partial charge is 0.164 e. The fourth-order valence-electron chi connectivity index (χ4n) is 1.30. The first-order valence-corrected chi connectivity index (χ1v) is 5.05. The Morgan fingerprint density at radius 2 is 2.20 bits per heavy atom. The van der Waals surface area contributed by atoms with Crippen molar-refractivity contribution < 1.29 is 9.53 Å². The van der Waals surface area contributed by atoms with Crippen LogP contribution in [0.4, 0.5) is 0 Å². The molecule has 0 aliphatic carbocycles. The van der Waals surface area contributed by atoms with Crippen LogP contribution in [0, 0.1) is 6.92 Å². The van der Waals surface area contributed by atoms with E-state index in [1.54, 1.807) is 19.2 Å².